The lowest BCUT2D eigenvalue weighted by Gasteiger charge is -2.15. The molecular formula is C10H14F3N3OS. The average Bonchev–Trinajstić information content (AvgIpc) is 2.25. The topological polar surface area (TPSA) is 67.2 Å². The van der Waals surface area contributed by atoms with E-state index in [1.165, 1.54) is 0 Å². The van der Waals surface area contributed by atoms with E-state index in [-0.39, 0.29) is 13.1 Å². The summed E-state index contributed by atoms with van der Waals surface area (Å²) in [5.41, 5.74) is 1.88. The van der Waals surface area contributed by atoms with E-state index in [0.29, 0.717) is 11.4 Å². The molecule has 0 bridgehead atoms. The van der Waals surface area contributed by atoms with E-state index in [2.05, 4.69) is 11.2 Å². The molecule has 1 aromatic rings. The fraction of sp³-hybridized carbons (Fsp3) is 0.300. The number of nitrogen functional groups attached to an aromatic ring is 1. The molecule has 1 rings (SSSR count). The van der Waals surface area contributed by atoms with Crippen LogP contribution in [0, 0.1) is 0 Å². The van der Waals surface area contributed by atoms with Gasteiger partial charge in [-0.2, -0.15) is 13.2 Å². The van der Waals surface area contributed by atoms with Crippen molar-refractivity contribution in [2.75, 3.05) is 24.1 Å². The maximum absolute atomic E-state index is 12.2. The number of rotatable bonds is 5. The van der Waals surface area contributed by atoms with Gasteiger partial charge in [0.2, 0.25) is 0 Å². The van der Waals surface area contributed by atoms with E-state index in [0.717, 1.165) is 0 Å². The Morgan fingerprint density at radius 2 is 1.89 bits per heavy atom. The van der Waals surface area contributed by atoms with Gasteiger partial charge in [0.1, 0.15) is 9.71 Å². The lowest BCUT2D eigenvalue weighted by atomic mass is 10.3. The van der Waals surface area contributed by atoms with Gasteiger partial charge in [-0.25, -0.2) is 8.93 Å². The van der Waals surface area contributed by atoms with Crippen molar-refractivity contribution in [3.05, 3.63) is 24.3 Å². The van der Waals surface area contributed by atoms with Gasteiger partial charge in [0, 0.05) is 13.1 Å². The van der Waals surface area contributed by atoms with Crippen LogP contribution in [0.4, 0.5) is 24.5 Å². The van der Waals surface area contributed by atoms with Crippen LogP contribution in [0.2, 0.25) is 0 Å². The Balaban J connectivity index is 2.43. The summed E-state index contributed by atoms with van der Waals surface area (Å²) in [6, 6.07) is 6.84. The Hall–Kier alpha value is -1.41. The van der Waals surface area contributed by atoms with Crippen LogP contribution in [-0.4, -0.2) is 28.7 Å². The van der Waals surface area contributed by atoms with Crippen LogP contribution in [0.1, 0.15) is 0 Å². The highest BCUT2D eigenvalue weighted by Gasteiger charge is 2.39. The van der Waals surface area contributed by atoms with E-state index < -0.39 is 15.2 Å². The molecule has 4 nitrogen and oxygen atoms in total. The third-order valence-corrected chi connectivity index (χ3v) is 3.53. The lowest BCUT2D eigenvalue weighted by molar-refractivity contribution is -0.0402. The van der Waals surface area contributed by atoms with Crippen LogP contribution in [0.15, 0.2) is 24.3 Å². The summed E-state index contributed by atoms with van der Waals surface area (Å²) >= 11 is 0. The van der Waals surface area contributed by atoms with Crippen molar-refractivity contribution >= 4 is 27.0 Å². The molecule has 0 aliphatic rings. The molecule has 0 spiro atoms. The second-order valence-electron chi connectivity index (χ2n) is 3.53. The molecule has 0 aliphatic heterocycles. The molecule has 1 unspecified atom stereocenters. The number of halogens is 3. The molecule has 0 aliphatic carbocycles. The van der Waals surface area contributed by atoms with E-state index in [4.69, 9.17) is 5.73 Å². The Labute approximate surface area is 104 Å². The van der Waals surface area contributed by atoms with Crippen molar-refractivity contribution in [3.63, 3.8) is 0 Å². The number of anilines is 2. The molecule has 0 saturated heterocycles. The summed E-state index contributed by atoms with van der Waals surface area (Å²) in [7, 11) is -4.28. The summed E-state index contributed by atoms with van der Waals surface area (Å²) in [6.07, 6.45) is 0. The van der Waals surface area contributed by atoms with Gasteiger partial charge in [0.25, 0.3) is 0 Å². The fourth-order valence-electron chi connectivity index (χ4n) is 1.15. The number of nitrogens with one attached hydrogen (secondary N) is 2. The monoisotopic (exact) mass is 281 g/mol. The van der Waals surface area contributed by atoms with Gasteiger partial charge in [-0.05, 0) is 18.0 Å². The quantitative estimate of drug-likeness (QED) is 0.434. The highest BCUT2D eigenvalue weighted by Crippen LogP contribution is 2.21. The van der Waals surface area contributed by atoms with Crippen molar-refractivity contribution in [1.82, 2.24) is 4.72 Å². The summed E-state index contributed by atoms with van der Waals surface area (Å²) in [6.45, 7) is 0.00693. The van der Waals surface area contributed by atoms with Crippen molar-refractivity contribution in [3.8, 4) is 0 Å². The number of nitrogens with two attached hydrogens (primary N) is 1. The summed E-state index contributed by atoms with van der Waals surface area (Å²) in [5.74, 6) is 2.64. The first-order valence-electron chi connectivity index (χ1n) is 5.00. The molecule has 18 heavy (non-hydrogen) atoms. The number of para-hydroxylation sites is 2. The first-order chi connectivity index (χ1) is 8.24. The SMILES string of the molecule is C=S(=O)(NCCNc1ccccc1N)C(F)(F)F. The fourth-order valence-corrected chi connectivity index (χ4v) is 1.75. The van der Waals surface area contributed by atoms with Gasteiger partial charge in [0.05, 0.1) is 11.4 Å². The van der Waals surface area contributed by atoms with Gasteiger partial charge in [-0.1, -0.05) is 12.1 Å². The first kappa shape index (κ1) is 14.7. The van der Waals surface area contributed by atoms with E-state index in [1.54, 1.807) is 24.3 Å². The average molecular weight is 281 g/mol. The molecule has 102 valence electrons. The number of hydrogen-bond acceptors (Lipinski definition) is 3. The highest BCUT2D eigenvalue weighted by atomic mass is 32.2. The van der Waals surface area contributed by atoms with Gasteiger partial charge in [-0.3, -0.25) is 0 Å². The van der Waals surface area contributed by atoms with E-state index >= 15 is 0 Å². The Morgan fingerprint density at radius 3 is 2.44 bits per heavy atom. The van der Waals surface area contributed by atoms with Crippen LogP contribution < -0.4 is 15.8 Å². The minimum absolute atomic E-state index is 0.143. The van der Waals surface area contributed by atoms with Crippen LogP contribution in [0.5, 0.6) is 0 Å². The molecule has 0 aromatic heterocycles. The molecule has 0 saturated carbocycles. The third kappa shape index (κ3) is 3.81. The minimum Gasteiger partial charge on any atom is -0.397 e. The molecule has 8 heteroatoms. The minimum atomic E-state index is -4.85. The zero-order valence-corrected chi connectivity index (χ0v) is 10.3. The Morgan fingerprint density at radius 1 is 1.28 bits per heavy atom. The third-order valence-electron chi connectivity index (χ3n) is 2.11. The normalized spacial score (nSPS) is 15.1. The van der Waals surface area contributed by atoms with E-state index in [1.807, 2.05) is 4.72 Å². The van der Waals surface area contributed by atoms with Crippen molar-refractivity contribution in [1.29, 1.82) is 0 Å². The molecule has 0 amide bonds. The lowest BCUT2D eigenvalue weighted by Crippen LogP contribution is -2.38. The zero-order chi connectivity index (χ0) is 13.8. The largest absolute Gasteiger partial charge is 0.476 e. The molecule has 4 N–H and O–H groups in total. The summed E-state index contributed by atoms with van der Waals surface area (Å²) in [4.78, 5) is 0. The molecular weight excluding hydrogens is 267 g/mol. The molecule has 0 heterocycles. The highest BCUT2D eigenvalue weighted by molar-refractivity contribution is 7.99. The Kier molecular flexibility index (Phi) is 4.47. The van der Waals surface area contributed by atoms with Crippen LogP contribution in [0.3, 0.4) is 0 Å². The van der Waals surface area contributed by atoms with Gasteiger partial charge < -0.3 is 11.1 Å². The van der Waals surface area contributed by atoms with Gasteiger partial charge in [0.15, 0.2) is 0 Å². The molecule has 1 aromatic carbocycles. The molecule has 0 radical (unpaired) electrons. The predicted octanol–water partition coefficient (Wildman–Crippen LogP) is 1.42. The van der Waals surface area contributed by atoms with Crippen LogP contribution >= 0.6 is 0 Å². The number of benzene rings is 1. The second-order valence-corrected chi connectivity index (χ2v) is 5.63. The summed E-state index contributed by atoms with van der Waals surface area (Å²) in [5, 5.41) is 2.83. The van der Waals surface area contributed by atoms with Gasteiger partial charge >= 0.3 is 5.51 Å². The van der Waals surface area contributed by atoms with Gasteiger partial charge in [-0.15, -0.1) is 0 Å². The second kappa shape index (κ2) is 5.49. The first-order valence-corrected chi connectivity index (χ1v) is 6.73. The predicted molar refractivity (Wildman–Crippen MR) is 68.7 cm³/mol. The zero-order valence-electron chi connectivity index (χ0n) is 9.46. The molecule has 1 atom stereocenters. The van der Waals surface area contributed by atoms with Crippen molar-refractivity contribution < 1.29 is 17.4 Å². The van der Waals surface area contributed by atoms with Crippen molar-refractivity contribution in [2.45, 2.75) is 5.51 Å². The number of hydrogen-bond donors (Lipinski definition) is 3. The molecule has 0 fully saturated rings. The smallest absolute Gasteiger partial charge is 0.397 e. The number of alkyl halides is 3. The Bertz CT molecular complexity index is 499. The van der Waals surface area contributed by atoms with E-state index in [9.17, 15) is 17.4 Å². The van der Waals surface area contributed by atoms with Crippen molar-refractivity contribution in [2.24, 2.45) is 0 Å². The van der Waals surface area contributed by atoms with Crippen LogP contribution in [-0.2, 0) is 9.71 Å². The standard InChI is InChI=1S/C10H14F3N3OS/c1-18(17,10(11,12)13)16-7-6-15-9-5-3-2-4-8(9)14/h2-5,15H,1,6-7,14H2,(H,16,17). The maximum Gasteiger partial charge on any atom is 0.476 e. The maximum atomic E-state index is 12.2. The van der Waals surface area contributed by atoms with Crippen LogP contribution in [0.25, 0.3) is 0 Å². The summed E-state index contributed by atoms with van der Waals surface area (Å²) < 4.78 is 49.6.